The Morgan fingerprint density at radius 2 is 1.95 bits per heavy atom. The molecule has 1 atom stereocenters. The lowest BCUT2D eigenvalue weighted by molar-refractivity contribution is -0.119. The summed E-state index contributed by atoms with van der Waals surface area (Å²) in [4.78, 5) is 40.7. The van der Waals surface area contributed by atoms with Gasteiger partial charge in [-0.1, -0.05) is 0 Å². The van der Waals surface area contributed by atoms with Gasteiger partial charge in [0.25, 0.3) is 5.91 Å². The van der Waals surface area contributed by atoms with Crippen LogP contribution in [0.3, 0.4) is 0 Å². The first-order chi connectivity index (χ1) is 9.22. The zero-order valence-corrected chi connectivity index (χ0v) is 10.1. The predicted octanol–water partition coefficient (Wildman–Crippen LogP) is 1.58. The normalized spacial score (nSPS) is 21.6. The summed E-state index contributed by atoms with van der Waals surface area (Å²) in [5, 5.41) is 0. The molecule has 0 spiro atoms. The molecule has 1 unspecified atom stereocenters. The minimum Gasteiger partial charge on any atom is -0.312 e. The number of carbonyl (C=O) groups is 2. The van der Waals surface area contributed by atoms with E-state index >= 15 is 0 Å². The van der Waals surface area contributed by atoms with Gasteiger partial charge in [-0.3, -0.25) is 4.79 Å². The zero-order chi connectivity index (χ0) is 13.4. The number of fused-ring (bicyclic) bond motifs is 1. The van der Waals surface area contributed by atoms with Gasteiger partial charge in [0, 0.05) is 6.54 Å². The SMILES string of the molecule is O=C=Nc1ccc(N2C(=O)C3CCCN3C2=O)cc1. The first kappa shape index (κ1) is 11.6. The Hall–Kier alpha value is -2.46. The van der Waals surface area contributed by atoms with Crippen molar-refractivity contribution in [3.63, 3.8) is 0 Å². The average molecular weight is 257 g/mol. The van der Waals surface area contributed by atoms with E-state index in [2.05, 4.69) is 4.99 Å². The van der Waals surface area contributed by atoms with Crippen molar-refractivity contribution in [3.8, 4) is 0 Å². The summed E-state index contributed by atoms with van der Waals surface area (Å²) in [6.07, 6.45) is 3.05. The lowest BCUT2D eigenvalue weighted by atomic mass is 10.2. The summed E-state index contributed by atoms with van der Waals surface area (Å²) in [5.41, 5.74) is 0.951. The molecule has 2 aliphatic rings. The fourth-order valence-corrected chi connectivity index (χ4v) is 2.59. The van der Waals surface area contributed by atoms with Gasteiger partial charge >= 0.3 is 6.03 Å². The van der Waals surface area contributed by atoms with Crippen LogP contribution in [0.25, 0.3) is 0 Å². The smallest absolute Gasteiger partial charge is 0.312 e. The van der Waals surface area contributed by atoms with Gasteiger partial charge in [-0.15, -0.1) is 0 Å². The number of anilines is 1. The molecule has 19 heavy (non-hydrogen) atoms. The van der Waals surface area contributed by atoms with Crippen LogP contribution >= 0.6 is 0 Å². The van der Waals surface area contributed by atoms with Gasteiger partial charge in [0.2, 0.25) is 6.08 Å². The third-order valence-electron chi connectivity index (χ3n) is 3.48. The van der Waals surface area contributed by atoms with Gasteiger partial charge in [0.15, 0.2) is 0 Å². The lowest BCUT2D eigenvalue weighted by Gasteiger charge is -2.15. The van der Waals surface area contributed by atoms with E-state index in [1.807, 2.05) is 0 Å². The number of hydrogen-bond donors (Lipinski definition) is 0. The lowest BCUT2D eigenvalue weighted by Crippen LogP contribution is -2.32. The molecule has 96 valence electrons. The van der Waals surface area contributed by atoms with Crippen LogP contribution in [0.15, 0.2) is 29.3 Å². The quantitative estimate of drug-likeness (QED) is 0.459. The number of nitrogens with zero attached hydrogens (tertiary/aromatic N) is 3. The molecule has 0 aromatic heterocycles. The third-order valence-corrected chi connectivity index (χ3v) is 3.48. The summed E-state index contributed by atoms with van der Waals surface area (Å²) >= 11 is 0. The van der Waals surface area contributed by atoms with Crippen molar-refractivity contribution >= 4 is 29.4 Å². The third kappa shape index (κ3) is 1.73. The number of carbonyl (C=O) groups excluding carboxylic acids is 3. The second kappa shape index (κ2) is 4.33. The summed E-state index contributed by atoms with van der Waals surface area (Å²) in [6.45, 7) is 0.638. The van der Waals surface area contributed by atoms with Gasteiger partial charge < -0.3 is 4.90 Å². The van der Waals surface area contributed by atoms with E-state index < -0.39 is 0 Å². The van der Waals surface area contributed by atoms with Crippen molar-refractivity contribution in [1.82, 2.24) is 4.90 Å². The molecule has 1 aromatic rings. The maximum atomic E-state index is 12.2. The van der Waals surface area contributed by atoms with Crippen LogP contribution in [0, 0.1) is 0 Å². The number of isocyanates is 1. The van der Waals surface area contributed by atoms with E-state index in [1.54, 1.807) is 29.2 Å². The minimum atomic E-state index is -0.305. The van der Waals surface area contributed by atoms with Crippen LogP contribution in [-0.2, 0) is 9.59 Å². The molecule has 6 nitrogen and oxygen atoms in total. The van der Waals surface area contributed by atoms with E-state index in [-0.39, 0.29) is 18.0 Å². The molecular formula is C13H11N3O3. The van der Waals surface area contributed by atoms with Crippen LogP contribution in [0.1, 0.15) is 12.8 Å². The maximum Gasteiger partial charge on any atom is 0.332 e. The van der Waals surface area contributed by atoms with Crippen molar-refractivity contribution < 1.29 is 14.4 Å². The fourth-order valence-electron chi connectivity index (χ4n) is 2.59. The summed E-state index contributed by atoms with van der Waals surface area (Å²) in [7, 11) is 0. The topological polar surface area (TPSA) is 70.1 Å². The molecule has 0 saturated carbocycles. The van der Waals surface area contributed by atoms with Gasteiger partial charge in [-0.2, -0.15) is 4.99 Å². The van der Waals surface area contributed by atoms with Crippen molar-refractivity contribution in [3.05, 3.63) is 24.3 Å². The van der Waals surface area contributed by atoms with Crippen molar-refractivity contribution in [2.45, 2.75) is 18.9 Å². The standard InChI is InChI=1S/C13H11N3O3/c17-8-14-9-3-5-10(6-4-9)16-12(18)11-2-1-7-15(11)13(16)19/h3-6,11H,1-2,7H2. The van der Waals surface area contributed by atoms with Crippen LogP contribution in [0.4, 0.5) is 16.2 Å². The largest absolute Gasteiger partial charge is 0.332 e. The molecule has 0 bridgehead atoms. The van der Waals surface area contributed by atoms with Gasteiger partial charge in [0.1, 0.15) is 6.04 Å². The van der Waals surface area contributed by atoms with E-state index in [0.717, 1.165) is 12.8 Å². The first-order valence-electron chi connectivity index (χ1n) is 6.05. The number of hydrogen-bond acceptors (Lipinski definition) is 4. The van der Waals surface area contributed by atoms with E-state index in [9.17, 15) is 14.4 Å². The Morgan fingerprint density at radius 1 is 1.21 bits per heavy atom. The van der Waals surface area contributed by atoms with Crippen molar-refractivity contribution in [2.75, 3.05) is 11.4 Å². The molecule has 2 saturated heterocycles. The number of urea groups is 1. The highest BCUT2D eigenvalue weighted by Crippen LogP contribution is 2.31. The zero-order valence-electron chi connectivity index (χ0n) is 10.1. The summed E-state index contributed by atoms with van der Waals surface area (Å²) in [6, 6.07) is 5.79. The Kier molecular flexibility index (Phi) is 2.65. The van der Waals surface area contributed by atoms with Crippen LogP contribution in [-0.4, -0.2) is 35.5 Å². The maximum absolute atomic E-state index is 12.2. The van der Waals surface area contributed by atoms with Crippen molar-refractivity contribution in [1.29, 1.82) is 0 Å². The number of aliphatic imine (C=N–C) groups is 1. The Morgan fingerprint density at radius 3 is 2.58 bits per heavy atom. The van der Waals surface area contributed by atoms with Gasteiger partial charge in [-0.25, -0.2) is 14.5 Å². The number of rotatable bonds is 2. The number of imide groups is 1. The molecule has 0 aliphatic carbocycles. The molecule has 1 aromatic carbocycles. The second-order valence-electron chi connectivity index (χ2n) is 4.53. The van der Waals surface area contributed by atoms with E-state index in [1.165, 1.54) is 11.0 Å². The highest BCUT2D eigenvalue weighted by atomic mass is 16.2. The van der Waals surface area contributed by atoms with Gasteiger partial charge in [0.05, 0.1) is 11.4 Å². The molecule has 0 radical (unpaired) electrons. The average Bonchev–Trinajstić information content (AvgIpc) is 2.97. The highest BCUT2D eigenvalue weighted by Gasteiger charge is 2.47. The highest BCUT2D eigenvalue weighted by molar-refractivity contribution is 6.21. The predicted molar refractivity (Wildman–Crippen MR) is 66.8 cm³/mol. The molecule has 2 fully saturated rings. The second-order valence-corrected chi connectivity index (χ2v) is 4.53. The number of benzene rings is 1. The molecule has 2 heterocycles. The molecule has 2 aliphatic heterocycles. The Balaban J connectivity index is 1.92. The molecule has 3 amide bonds. The molecular weight excluding hydrogens is 246 g/mol. The van der Waals surface area contributed by atoms with Crippen LogP contribution in [0.2, 0.25) is 0 Å². The molecule has 6 heteroatoms. The Bertz CT molecular complexity index is 568. The van der Waals surface area contributed by atoms with Crippen molar-refractivity contribution in [2.24, 2.45) is 4.99 Å². The van der Waals surface area contributed by atoms with Gasteiger partial charge in [-0.05, 0) is 37.1 Å². The summed E-state index contributed by atoms with van der Waals surface area (Å²) in [5.74, 6) is -0.172. The summed E-state index contributed by atoms with van der Waals surface area (Å²) < 4.78 is 0. The first-order valence-corrected chi connectivity index (χ1v) is 6.05. The number of amides is 3. The van der Waals surface area contributed by atoms with Crippen LogP contribution < -0.4 is 4.90 Å². The minimum absolute atomic E-state index is 0.172. The Labute approximate surface area is 109 Å². The van der Waals surface area contributed by atoms with E-state index in [0.29, 0.717) is 17.9 Å². The van der Waals surface area contributed by atoms with E-state index in [4.69, 9.17) is 0 Å². The molecule has 3 rings (SSSR count). The van der Waals surface area contributed by atoms with Crippen LogP contribution in [0.5, 0.6) is 0 Å². The fraction of sp³-hybridized carbons (Fsp3) is 0.308. The molecule has 0 N–H and O–H groups in total. The monoisotopic (exact) mass is 257 g/mol.